The van der Waals surface area contributed by atoms with Crippen LogP contribution in [0.1, 0.15) is 0 Å². The molecular formula is C83H60F12N8O6. The van der Waals surface area contributed by atoms with Gasteiger partial charge in [0.1, 0.15) is 160 Å². The van der Waals surface area contributed by atoms with Crippen LogP contribution in [-0.4, -0.2) is 66.8 Å². The van der Waals surface area contributed by atoms with E-state index in [0.29, 0.717) is 58.9 Å². The molecule has 0 saturated carbocycles. The van der Waals surface area contributed by atoms with Gasteiger partial charge in [0.15, 0.2) is 6.54 Å². The van der Waals surface area contributed by atoms with E-state index >= 15 is 52.7 Å². The molecule has 26 heteroatoms. The zero-order chi connectivity index (χ0) is 75.9. The molecule has 14 nitrogen and oxygen atoms in total. The lowest BCUT2D eigenvalue weighted by molar-refractivity contribution is -0.814. The number of halogens is 12. The summed E-state index contributed by atoms with van der Waals surface area (Å²) in [7, 11) is 1.87. The Balaban J connectivity index is 1.00. The zero-order valence-corrected chi connectivity index (χ0v) is 57.4. The van der Waals surface area contributed by atoms with Gasteiger partial charge < -0.3 is 38.2 Å². The van der Waals surface area contributed by atoms with Crippen LogP contribution in [0, 0.1) is 80.6 Å². The van der Waals surface area contributed by atoms with E-state index in [4.69, 9.17) is 48.8 Å². The smallest absolute Gasteiger partial charge is 0.178 e. The summed E-state index contributed by atoms with van der Waals surface area (Å²) in [4.78, 5) is 6.40. The number of rotatable bonds is 29. The van der Waals surface area contributed by atoms with Crippen molar-refractivity contribution in [1.29, 1.82) is 0 Å². The van der Waals surface area contributed by atoms with E-state index in [9.17, 15) is 0 Å². The maximum absolute atomic E-state index is 15.0. The van der Waals surface area contributed by atoms with Crippen molar-refractivity contribution in [2.24, 2.45) is 10.8 Å². The summed E-state index contributed by atoms with van der Waals surface area (Å²) in [5.74, 6) is -14.3. The number of hydrogen-bond donors (Lipinski definition) is 0. The van der Waals surface area contributed by atoms with E-state index in [2.05, 4.69) is 0 Å². The zero-order valence-electron chi connectivity index (χ0n) is 57.4. The molecule has 0 amide bonds. The highest BCUT2D eigenvalue weighted by atomic mass is 19.2. The molecule has 0 unspecified atom stereocenters. The lowest BCUT2D eigenvalue weighted by Gasteiger charge is -2.32. The lowest BCUT2D eigenvalue weighted by Crippen LogP contribution is -2.55. The predicted molar refractivity (Wildman–Crippen MR) is 382 cm³/mol. The second-order valence-electron chi connectivity index (χ2n) is 26.0. The van der Waals surface area contributed by atoms with Gasteiger partial charge in [-0.05, 0) is 71.8 Å². The number of fused-ring (bicyclic) bond motifs is 2. The number of nitrogens with zero attached hydrogens (tertiary/aromatic N) is 8. The van der Waals surface area contributed by atoms with Gasteiger partial charge in [0.2, 0.25) is 0 Å². The van der Waals surface area contributed by atoms with E-state index in [1.807, 2.05) is 132 Å². The number of hydrogen-bond acceptors (Lipinski definition) is 11. The normalized spacial score (nSPS) is 11.6. The summed E-state index contributed by atoms with van der Waals surface area (Å²) < 4.78 is 218. The van der Waals surface area contributed by atoms with E-state index in [1.54, 1.807) is 24.3 Å². The van der Waals surface area contributed by atoms with Crippen molar-refractivity contribution in [3.8, 4) is 56.8 Å². The molecule has 0 atom stereocenters. The molecule has 0 aliphatic rings. The van der Waals surface area contributed by atoms with Crippen LogP contribution in [0.4, 0.5) is 81.1 Å². The molecule has 14 aromatic rings. The largest absolute Gasteiger partial charge is 0.492 e. The van der Waals surface area contributed by atoms with Crippen LogP contribution in [0.5, 0.6) is 34.5 Å². The van der Waals surface area contributed by atoms with Crippen molar-refractivity contribution in [2.45, 2.75) is 13.1 Å². The van der Waals surface area contributed by atoms with Gasteiger partial charge in [-0.1, -0.05) is 78.9 Å². The van der Waals surface area contributed by atoms with Gasteiger partial charge in [-0.3, -0.25) is 0 Å². The van der Waals surface area contributed by atoms with E-state index < -0.39 is 133 Å². The maximum Gasteiger partial charge on any atom is 0.178 e. The number of ether oxygens (including phenoxy) is 6. The minimum Gasteiger partial charge on any atom is -0.492 e. The lowest BCUT2D eigenvalue weighted by atomic mass is 9.91. The first-order valence-electron chi connectivity index (χ1n) is 33.7. The van der Waals surface area contributed by atoms with Gasteiger partial charge >= 0.3 is 0 Å². The molecule has 2 aromatic heterocycles. The average molecular weight is 1490 g/mol. The average Bonchev–Trinajstić information content (AvgIpc) is 1.58. The topological polar surface area (TPSA) is 123 Å². The van der Waals surface area contributed by atoms with Crippen LogP contribution in [0.15, 0.2) is 249 Å². The fourth-order valence-corrected chi connectivity index (χ4v) is 12.5. The first-order chi connectivity index (χ1) is 52.6. The molecule has 14 rings (SSSR count). The fraction of sp³-hybridized carbons (Fsp3) is 0.133. The van der Waals surface area contributed by atoms with Gasteiger partial charge in [0.05, 0.1) is 12.0 Å². The van der Waals surface area contributed by atoms with Gasteiger partial charge in [-0.25, -0.2) is 52.7 Å². The molecule has 0 aliphatic carbocycles. The minimum atomic E-state index is -1.82. The second kappa shape index (κ2) is 31.6. The Kier molecular flexibility index (Phi) is 21.1. The second-order valence-corrected chi connectivity index (χ2v) is 26.0. The summed E-state index contributed by atoms with van der Waals surface area (Å²) in [5.41, 5.74) is 1.97. The highest BCUT2D eigenvalue weighted by Crippen LogP contribution is 2.44. The van der Waals surface area contributed by atoms with Crippen LogP contribution in [0.3, 0.4) is 0 Å². The first kappa shape index (κ1) is 72.9. The summed E-state index contributed by atoms with van der Waals surface area (Å²) >= 11 is 0. The van der Waals surface area contributed by atoms with Crippen LogP contribution in [0.2, 0.25) is 0 Å². The van der Waals surface area contributed by atoms with Crippen molar-refractivity contribution in [3.63, 3.8) is 0 Å². The van der Waals surface area contributed by atoms with Crippen molar-refractivity contribution < 1.29 is 85.9 Å². The fourth-order valence-electron chi connectivity index (χ4n) is 12.5. The molecule has 0 bridgehead atoms. The Hall–Kier alpha value is -13.0. The molecule has 552 valence electrons. The molecule has 0 N–H and O–H groups in total. The molecule has 0 saturated heterocycles. The number of para-hydroxylation sites is 3. The van der Waals surface area contributed by atoms with Crippen LogP contribution in [-0.2, 0) is 13.1 Å². The predicted octanol–water partition coefficient (Wildman–Crippen LogP) is 18.9. The Morgan fingerprint density at radius 1 is 0.330 bits per heavy atom. The van der Waals surface area contributed by atoms with E-state index in [0.717, 1.165) is 89.9 Å². The van der Waals surface area contributed by atoms with Gasteiger partial charge in [0, 0.05) is 167 Å². The summed E-state index contributed by atoms with van der Waals surface area (Å²) in [6.45, 7) is -4.90. The standard InChI is InChI=1S/C83H60F12N8O6/c1-100(65-11-5-2-6-12-65)66-21-17-51(18-22-66)76-78-80(98-101(96-78)43-82(45-104-70-31-53(84)25-54(85)32-70,46-105-71-33-55(86)26-56(87)34-71)47-106-72-35-57(88)27-58(89)36-72)77(52-19-23-69(24-20-52)103(67-13-7-3-8-14-67)68-15-9-4-10-16-68)81-79(76)97-102(99-81)44-83(48-107-73-37-59(90)28-60(91)38-73,49-108-74-39-61(92)29-62(93)40-74)50-109-75-41-63(94)30-64(95)42-75/h2-42H,43-50H2,1H3. The number of benzene rings is 12. The third kappa shape index (κ3) is 17.4. The van der Waals surface area contributed by atoms with E-state index in [1.165, 1.54) is 9.59 Å². The SMILES string of the molecule is CN(c1ccccc1)c1ccc(-c2c3nn(CC(COc4cc(F)cc(F)c4)(COc4cc(F)cc(F)c4)COc4cc(F)cc(F)c4)nc3c(-c3ccc(N(c4ccccc4)c4ccccc4)cc3)c3n[n+](CC(COc4cc(F)cc(F)c4)(COc4cc(F)cc(F)c4)COc4cc(F)cc(F)c4)[n-]c23)cc1. The Labute approximate surface area is 614 Å². The Morgan fingerprint density at radius 3 is 0.945 bits per heavy atom. The third-order valence-electron chi connectivity index (χ3n) is 17.6. The van der Waals surface area contributed by atoms with Gasteiger partial charge in [-0.15, -0.1) is 0 Å². The number of aromatic nitrogens is 6. The van der Waals surface area contributed by atoms with Crippen LogP contribution in [0.25, 0.3) is 44.3 Å². The summed E-state index contributed by atoms with van der Waals surface area (Å²) in [6.07, 6.45) is 0. The molecule has 0 fully saturated rings. The summed E-state index contributed by atoms with van der Waals surface area (Å²) in [6, 6.07) is 57.5. The van der Waals surface area contributed by atoms with Crippen molar-refractivity contribution >= 4 is 50.5 Å². The van der Waals surface area contributed by atoms with Crippen LogP contribution >= 0.6 is 0 Å². The molecule has 12 aromatic carbocycles. The first-order valence-corrected chi connectivity index (χ1v) is 33.7. The van der Waals surface area contributed by atoms with Crippen molar-refractivity contribution in [3.05, 3.63) is 319 Å². The van der Waals surface area contributed by atoms with Crippen LogP contribution < -0.4 is 48.1 Å². The van der Waals surface area contributed by atoms with Crippen molar-refractivity contribution in [2.75, 3.05) is 56.5 Å². The highest BCUT2D eigenvalue weighted by molar-refractivity contribution is 6.16. The summed E-state index contributed by atoms with van der Waals surface area (Å²) in [5, 5.41) is 21.0. The minimum absolute atomic E-state index is 0.106. The molecule has 109 heavy (non-hydrogen) atoms. The maximum atomic E-state index is 15.0. The van der Waals surface area contributed by atoms with E-state index in [-0.39, 0.29) is 67.7 Å². The molecule has 0 spiro atoms. The quantitative estimate of drug-likeness (QED) is 0.0327. The molecule has 0 aliphatic heterocycles. The Bertz CT molecular complexity index is 4920. The third-order valence-corrected chi connectivity index (χ3v) is 17.6. The highest BCUT2D eigenvalue weighted by Gasteiger charge is 2.41. The molecule has 0 radical (unpaired) electrons. The number of anilines is 5. The molecular weight excluding hydrogens is 1430 g/mol. The Morgan fingerprint density at radius 2 is 0.606 bits per heavy atom. The van der Waals surface area contributed by atoms with Gasteiger partial charge in [-0.2, -0.15) is 30.0 Å². The van der Waals surface area contributed by atoms with Crippen molar-refractivity contribution in [1.82, 2.24) is 25.2 Å². The van der Waals surface area contributed by atoms with Gasteiger partial charge in [0.25, 0.3) is 0 Å². The molecule has 2 heterocycles. The monoisotopic (exact) mass is 1490 g/mol.